The van der Waals surface area contributed by atoms with Crippen molar-refractivity contribution < 1.29 is 4.52 Å². The van der Waals surface area contributed by atoms with Gasteiger partial charge in [-0.15, -0.1) is 11.3 Å². The molecule has 0 aromatic carbocycles. The highest BCUT2D eigenvalue weighted by Gasteiger charge is 2.26. The Labute approximate surface area is 144 Å². The Balaban J connectivity index is 1.50. The van der Waals surface area contributed by atoms with Crippen LogP contribution in [-0.2, 0) is 6.54 Å². The summed E-state index contributed by atoms with van der Waals surface area (Å²) >= 11 is 1.66. The molecule has 1 saturated heterocycles. The van der Waals surface area contributed by atoms with E-state index >= 15 is 0 Å². The molecule has 0 saturated carbocycles. The van der Waals surface area contributed by atoms with Crippen molar-refractivity contribution in [3.63, 3.8) is 0 Å². The van der Waals surface area contributed by atoms with Gasteiger partial charge in [-0.05, 0) is 30.8 Å². The van der Waals surface area contributed by atoms with Gasteiger partial charge in [0, 0.05) is 26.6 Å². The molecule has 24 heavy (non-hydrogen) atoms. The summed E-state index contributed by atoms with van der Waals surface area (Å²) in [6.45, 7) is 4.60. The highest BCUT2D eigenvalue weighted by atomic mass is 32.1. The molecule has 126 valence electrons. The van der Waals surface area contributed by atoms with Gasteiger partial charge in [0.05, 0.1) is 11.9 Å². The van der Waals surface area contributed by atoms with Crippen LogP contribution in [0.3, 0.4) is 0 Å². The number of nitrogens with zero attached hydrogens (tertiary/aromatic N) is 6. The van der Waals surface area contributed by atoms with Crippen molar-refractivity contribution in [2.75, 3.05) is 25.0 Å². The summed E-state index contributed by atoms with van der Waals surface area (Å²) in [7, 11) is 2.13. The number of hydrogen-bond acceptors (Lipinski definition) is 8. The summed E-state index contributed by atoms with van der Waals surface area (Å²) in [6, 6.07) is 2.53. The first-order chi connectivity index (χ1) is 11.7. The van der Waals surface area contributed by atoms with Crippen molar-refractivity contribution in [1.82, 2.24) is 25.0 Å². The molecule has 0 bridgehead atoms. The van der Waals surface area contributed by atoms with Gasteiger partial charge in [0.1, 0.15) is 17.0 Å². The minimum absolute atomic E-state index is 0.421. The number of rotatable bonds is 4. The highest BCUT2D eigenvalue weighted by Crippen LogP contribution is 2.29. The molecule has 1 aliphatic heterocycles. The average molecular weight is 344 g/mol. The first kappa shape index (κ1) is 15.5. The van der Waals surface area contributed by atoms with E-state index in [-0.39, 0.29) is 0 Å². The minimum Gasteiger partial charge on any atom is -0.355 e. The monoisotopic (exact) mass is 344 g/mol. The summed E-state index contributed by atoms with van der Waals surface area (Å²) in [6.07, 6.45) is 3.98. The van der Waals surface area contributed by atoms with E-state index in [2.05, 4.69) is 48.4 Å². The lowest BCUT2D eigenvalue weighted by atomic mass is 10.0. The van der Waals surface area contributed by atoms with Crippen LogP contribution in [0.25, 0.3) is 10.2 Å². The minimum atomic E-state index is 0.421. The zero-order chi connectivity index (χ0) is 16.5. The van der Waals surface area contributed by atoms with Crippen molar-refractivity contribution >= 4 is 27.4 Å². The van der Waals surface area contributed by atoms with Crippen LogP contribution in [0.1, 0.15) is 24.6 Å². The Morgan fingerprint density at radius 2 is 2.33 bits per heavy atom. The summed E-state index contributed by atoms with van der Waals surface area (Å²) in [5.41, 5.74) is 0. The molecule has 1 atom stereocenters. The van der Waals surface area contributed by atoms with Gasteiger partial charge in [-0.1, -0.05) is 5.16 Å². The molecule has 0 aliphatic carbocycles. The highest BCUT2D eigenvalue weighted by molar-refractivity contribution is 7.16. The third kappa shape index (κ3) is 2.99. The number of fused-ring (bicyclic) bond motifs is 1. The van der Waals surface area contributed by atoms with E-state index in [9.17, 15) is 0 Å². The topological polar surface area (TPSA) is 71.2 Å². The predicted octanol–water partition coefficient (Wildman–Crippen LogP) is 2.48. The fourth-order valence-corrected chi connectivity index (χ4v) is 4.05. The average Bonchev–Trinajstić information content (AvgIpc) is 3.23. The maximum atomic E-state index is 5.07. The van der Waals surface area contributed by atoms with Gasteiger partial charge in [0.25, 0.3) is 0 Å². The van der Waals surface area contributed by atoms with Gasteiger partial charge in [0.15, 0.2) is 5.82 Å². The van der Waals surface area contributed by atoms with E-state index in [0.29, 0.717) is 11.9 Å². The number of thiophene rings is 1. The molecular weight excluding hydrogens is 324 g/mol. The van der Waals surface area contributed by atoms with E-state index in [1.807, 2.05) is 6.92 Å². The van der Waals surface area contributed by atoms with E-state index in [4.69, 9.17) is 4.52 Å². The normalized spacial score (nSPS) is 19.0. The number of likely N-dealkylation sites (N-methyl/N-ethyl adjacent to an activating group) is 1. The number of anilines is 1. The van der Waals surface area contributed by atoms with Crippen molar-refractivity contribution in [3.8, 4) is 0 Å². The quantitative estimate of drug-likeness (QED) is 0.720. The summed E-state index contributed by atoms with van der Waals surface area (Å²) in [4.78, 5) is 18.9. The van der Waals surface area contributed by atoms with Crippen LogP contribution in [-0.4, -0.2) is 51.2 Å². The maximum Gasteiger partial charge on any atom is 0.223 e. The Kier molecular flexibility index (Phi) is 4.15. The lowest BCUT2D eigenvalue weighted by molar-refractivity contribution is 0.192. The molecule has 0 N–H and O–H groups in total. The van der Waals surface area contributed by atoms with E-state index in [0.717, 1.165) is 54.3 Å². The fourth-order valence-electron chi connectivity index (χ4n) is 3.33. The largest absolute Gasteiger partial charge is 0.355 e. The second-order valence-corrected chi connectivity index (χ2v) is 7.10. The van der Waals surface area contributed by atoms with Crippen LogP contribution in [0.15, 0.2) is 22.3 Å². The lowest BCUT2D eigenvalue weighted by Crippen LogP contribution is -2.46. The van der Waals surface area contributed by atoms with Crippen LogP contribution in [0.2, 0.25) is 0 Å². The molecule has 3 aromatic rings. The van der Waals surface area contributed by atoms with Crippen LogP contribution in [0.4, 0.5) is 5.82 Å². The van der Waals surface area contributed by atoms with Gasteiger partial charge in [-0.25, -0.2) is 9.97 Å². The Morgan fingerprint density at radius 1 is 1.42 bits per heavy atom. The molecule has 0 unspecified atom stereocenters. The molecule has 7 nitrogen and oxygen atoms in total. The van der Waals surface area contributed by atoms with Crippen LogP contribution in [0.5, 0.6) is 0 Å². The van der Waals surface area contributed by atoms with Crippen molar-refractivity contribution in [2.24, 2.45) is 0 Å². The van der Waals surface area contributed by atoms with Crippen LogP contribution >= 0.6 is 11.3 Å². The molecule has 1 fully saturated rings. The zero-order valence-electron chi connectivity index (χ0n) is 13.8. The smallest absolute Gasteiger partial charge is 0.223 e. The second-order valence-electron chi connectivity index (χ2n) is 6.21. The SMILES string of the molecule is Cc1nc(CN2CCC[C@H](N(C)c3ncnc4sccc34)C2)no1. The summed E-state index contributed by atoms with van der Waals surface area (Å²) < 4.78 is 5.07. The number of aryl methyl sites for hydroxylation is 1. The number of piperidine rings is 1. The van der Waals surface area contributed by atoms with Gasteiger partial charge < -0.3 is 9.42 Å². The molecule has 4 heterocycles. The van der Waals surface area contributed by atoms with Gasteiger partial charge in [-0.2, -0.15) is 4.98 Å². The Hall–Kier alpha value is -2.06. The molecular formula is C16H20N6OS. The number of hydrogen-bond donors (Lipinski definition) is 0. The zero-order valence-corrected chi connectivity index (χ0v) is 14.7. The molecule has 0 radical (unpaired) electrons. The maximum absolute atomic E-state index is 5.07. The third-order valence-corrected chi connectivity index (χ3v) is 5.36. The molecule has 1 aliphatic rings. The van der Waals surface area contributed by atoms with Crippen molar-refractivity contribution in [2.45, 2.75) is 32.4 Å². The fraction of sp³-hybridized carbons (Fsp3) is 0.500. The Morgan fingerprint density at radius 3 is 3.17 bits per heavy atom. The van der Waals surface area contributed by atoms with E-state index in [1.54, 1.807) is 17.7 Å². The standard InChI is InChI=1S/C16H20N6OS/c1-11-19-14(20-23-11)9-22-6-3-4-12(8-22)21(2)15-13-5-7-24-16(13)18-10-17-15/h5,7,10,12H,3-4,6,8-9H2,1-2H3/t12-/m0/s1. The van der Waals surface area contributed by atoms with E-state index < -0.39 is 0 Å². The van der Waals surface area contributed by atoms with Crippen molar-refractivity contribution in [1.29, 1.82) is 0 Å². The molecule has 0 spiro atoms. The first-order valence-corrected chi connectivity index (χ1v) is 9.01. The lowest BCUT2D eigenvalue weighted by Gasteiger charge is -2.37. The number of likely N-dealkylation sites (tertiary alicyclic amines) is 1. The van der Waals surface area contributed by atoms with Crippen LogP contribution in [0, 0.1) is 6.92 Å². The summed E-state index contributed by atoms with van der Waals surface area (Å²) in [5, 5.41) is 7.22. The molecule has 8 heteroatoms. The number of aromatic nitrogens is 4. The molecule has 0 amide bonds. The third-order valence-electron chi connectivity index (χ3n) is 4.54. The molecule has 3 aromatic heterocycles. The predicted molar refractivity (Wildman–Crippen MR) is 93.2 cm³/mol. The van der Waals surface area contributed by atoms with Gasteiger partial charge in [0.2, 0.25) is 5.89 Å². The van der Waals surface area contributed by atoms with Crippen LogP contribution < -0.4 is 4.90 Å². The van der Waals surface area contributed by atoms with Gasteiger partial charge >= 0.3 is 0 Å². The van der Waals surface area contributed by atoms with Gasteiger partial charge in [-0.3, -0.25) is 4.90 Å². The molecule has 4 rings (SSSR count). The first-order valence-electron chi connectivity index (χ1n) is 8.13. The second kappa shape index (κ2) is 6.45. The van der Waals surface area contributed by atoms with Crippen molar-refractivity contribution in [3.05, 3.63) is 29.5 Å². The summed E-state index contributed by atoms with van der Waals surface area (Å²) in [5.74, 6) is 2.40. The van der Waals surface area contributed by atoms with E-state index in [1.165, 1.54) is 0 Å². The Bertz CT molecular complexity index is 831.